The molecule has 5 heteroatoms. The van der Waals surface area contributed by atoms with E-state index in [0.29, 0.717) is 0 Å². The van der Waals surface area contributed by atoms with Crippen LogP contribution in [0.15, 0.2) is 109 Å². The molecule has 0 bridgehead atoms. The summed E-state index contributed by atoms with van der Waals surface area (Å²) < 4.78 is 10.7. The Labute approximate surface area is 199 Å². The molecule has 1 aliphatic heterocycles. The molecule has 2 atom stereocenters. The number of ether oxygens (including phenoxy) is 2. The summed E-state index contributed by atoms with van der Waals surface area (Å²) >= 11 is 0. The number of benzene rings is 4. The molecular formula is C29H26N2O3. The molecule has 0 aromatic heterocycles. The Kier molecular flexibility index (Phi) is 5.91. The molecule has 34 heavy (non-hydrogen) atoms. The van der Waals surface area contributed by atoms with Gasteiger partial charge in [-0.1, -0.05) is 60.7 Å². The van der Waals surface area contributed by atoms with Crippen LogP contribution in [0.2, 0.25) is 0 Å². The molecule has 1 heterocycles. The minimum atomic E-state index is -0.230. The van der Waals surface area contributed by atoms with Gasteiger partial charge in [-0.2, -0.15) is 0 Å². The number of rotatable bonds is 6. The first kappa shape index (κ1) is 21.6. The van der Waals surface area contributed by atoms with Gasteiger partial charge in [0, 0.05) is 11.4 Å². The molecule has 0 unspecified atom stereocenters. The van der Waals surface area contributed by atoms with Gasteiger partial charge in [0.15, 0.2) is 0 Å². The predicted octanol–water partition coefficient (Wildman–Crippen LogP) is 6.63. The number of hydrogen-bond acceptors (Lipinski definition) is 3. The number of methoxy groups -OCH3 is 2. The maximum absolute atomic E-state index is 14.2. The molecule has 4 aromatic carbocycles. The normalized spacial score (nSPS) is 17.6. The highest BCUT2D eigenvalue weighted by Gasteiger charge is 2.48. The fraction of sp³-hybridized carbons (Fsp3) is 0.138. The molecular weight excluding hydrogens is 424 g/mol. The molecule has 0 spiro atoms. The van der Waals surface area contributed by atoms with Crippen molar-refractivity contribution in [3.63, 3.8) is 0 Å². The van der Waals surface area contributed by atoms with E-state index in [0.717, 1.165) is 34.0 Å². The highest BCUT2D eigenvalue weighted by atomic mass is 16.5. The van der Waals surface area contributed by atoms with Crippen LogP contribution in [-0.2, 0) is 0 Å². The maximum atomic E-state index is 14.2. The van der Waals surface area contributed by atoms with Crippen molar-refractivity contribution in [1.82, 2.24) is 0 Å². The highest BCUT2D eigenvalue weighted by molar-refractivity contribution is 6.08. The molecule has 0 N–H and O–H groups in total. The first-order chi connectivity index (χ1) is 16.7. The largest absolute Gasteiger partial charge is 0.497 e. The Bertz CT molecular complexity index is 1140. The van der Waals surface area contributed by atoms with E-state index in [2.05, 4.69) is 24.3 Å². The zero-order valence-electron chi connectivity index (χ0n) is 19.2. The number of urea groups is 1. The van der Waals surface area contributed by atoms with E-state index < -0.39 is 0 Å². The standard InChI is InChI=1S/C29H26N2O3/c1-33-25-17-13-23(14-18-25)30-27(21-9-5-3-6-10-21)28(22-11-7-4-8-12-22)31(29(30)32)24-15-19-26(34-2)20-16-24/h3-20,27-28H,1-2H3/t27-,28-/m0/s1. The van der Waals surface area contributed by atoms with Crippen LogP contribution in [-0.4, -0.2) is 20.3 Å². The highest BCUT2D eigenvalue weighted by Crippen LogP contribution is 2.49. The van der Waals surface area contributed by atoms with Gasteiger partial charge in [0.1, 0.15) is 11.5 Å². The minimum absolute atomic E-state index is 0.0851. The molecule has 1 aliphatic rings. The quantitative estimate of drug-likeness (QED) is 0.331. The van der Waals surface area contributed by atoms with Crippen LogP contribution in [0.4, 0.5) is 16.2 Å². The molecule has 1 saturated heterocycles. The van der Waals surface area contributed by atoms with Gasteiger partial charge in [-0.25, -0.2) is 4.79 Å². The van der Waals surface area contributed by atoms with Gasteiger partial charge >= 0.3 is 6.03 Å². The molecule has 1 fully saturated rings. The van der Waals surface area contributed by atoms with E-state index in [-0.39, 0.29) is 18.1 Å². The van der Waals surface area contributed by atoms with Crippen LogP contribution < -0.4 is 19.3 Å². The van der Waals surface area contributed by atoms with Crippen molar-refractivity contribution in [2.45, 2.75) is 12.1 Å². The van der Waals surface area contributed by atoms with E-state index in [1.807, 2.05) is 94.7 Å². The Hall–Kier alpha value is -4.25. The third-order valence-electron chi connectivity index (χ3n) is 6.25. The number of carbonyl (C=O) groups excluding carboxylic acids is 1. The van der Waals surface area contributed by atoms with Crippen molar-refractivity contribution in [3.8, 4) is 11.5 Å². The summed E-state index contributed by atoms with van der Waals surface area (Å²) in [7, 11) is 3.28. The van der Waals surface area contributed by atoms with Crippen molar-refractivity contribution in [2.75, 3.05) is 24.0 Å². The van der Waals surface area contributed by atoms with Gasteiger partial charge in [-0.3, -0.25) is 9.80 Å². The molecule has 4 aromatic rings. The molecule has 5 rings (SSSR count). The van der Waals surface area contributed by atoms with Crippen LogP contribution in [0, 0.1) is 0 Å². The zero-order chi connectivity index (χ0) is 23.5. The lowest BCUT2D eigenvalue weighted by Crippen LogP contribution is -2.32. The number of anilines is 2. The van der Waals surface area contributed by atoms with Gasteiger partial charge in [0.2, 0.25) is 0 Å². The predicted molar refractivity (Wildman–Crippen MR) is 135 cm³/mol. The molecule has 2 amide bonds. The van der Waals surface area contributed by atoms with Crippen molar-refractivity contribution >= 4 is 17.4 Å². The van der Waals surface area contributed by atoms with Gasteiger partial charge in [0.25, 0.3) is 0 Å². The van der Waals surface area contributed by atoms with Gasteiger partial charge in [-0.15, -0.1) is 0 Å². The second-order valence-corrected chi connectivity index (χ2v) is 8.13. The van der Waals surface area contributed by atoms with E-state index >= 15 is 0 Å². The summed E-state index contributed by atoms with van der Waals surface area (Å²) in [6.45, 7) is 0. The average Bonchev–Trinajstić information content (AvgIpc) is 3.22. The summed E-state index contributed by atoms with van der Waals surface area (Å²) in [4.78, 5) is 17.9. The Morgan fingerprint density at radius 2 is 0.882 bits per heavy atom. The second kappa shape index (κ2) is 9.32. The van der Waals surface area contributed by atoms with Crippen molar-refractivity contribution in [3.05, 3.63) is 120 Å². The second-order valence-electron chi connectivity index (χ2n) is 8.13. The summed E-state index contributed by atoms with van der Waals surface area (Å²) in [6, 6.07) is 35.2. The van der Waals surface area contributed by atoms with Crippen molar-refractivity contribution in [2.24, 2.45) is 0 Å². The lowest BCUT2D eigenvalue weighted by Gasteiger charge is -2.29. The van der Waals surface area contributed by atoms with Crippen molar-refractivity contribution in [1.29, 1.82) is 0 Å². The Balaban J connectivity index is 1.70. The average molecular weight is 451 g/mol. The summed E-state index contributed by atoms with van der Waals surface area (Å²) in [6.07, 6.45) is 0. The number of nitrogens with zero attached hydrogens (tertiary/aromatic N) is 2. The summed E-state index contributed by atoms with van der Waals surface area (Å²) in [5, 5.41) is 0. The minimum Gasteiger partial charge on any atom is -0.497 e. The zero-order valence-corrected chi connectivity index (χ0v) is 19.2. The van der Waals surface area contributed by atoms with Crippen LogP contribution in [0.1, 0.15) is 23.2 Å². The van der Waals surface area contributed by atoms with E-state index in [4.69, 9.17) is 9.47 Å². The Morgan fingerprint density at radius 3 is 1.21 bits per heavy atom. The number of carbonyl (C=O) groups is 1. The Morgan fingerprint density at radius 1 is 0.529 bits per heavy atom. The summed E-state index contributed by atoms with van der Waals surface area (Å²) in [5.74, 6) is 1.50. The van der Waals surface area contributed by atoms with Gasteiger partial charge in [0.05, 0.1) is 26.3 Å². The topological polar surface area (TPSA) is 42.0 Å². The lowest BCUT2D eigenvalue weighted by molar-refractivity contribution is 0.255. The fourth-order valence-corrected chi connectivity index (χ4v) is 4.63. The van der Waals surface area contributed by atoms with Gasteiger partial charge < -0.3 is 9.47 Å². The van der Waals surface area contributed by atoms with E-state index in [9.17, 15) is 4.79 Å². The third-order valence-corrected chi connectivity index (χ3v) is 6.25. The van der Waals surface area contributed by atoms with Crippen LogP contribution in [0.25, 0.3) is 0 Å². The van der Waals surface area contributed by atoms with E-state index in [1.165, 1.54) is 0 Å². The first-order valence-corrected chi connectivity index (χ1v) is 11.2. The molecule has 170 valence electrons. The van der Waals surface area contributed by atoms with Crippen LogP contribution in [0.5, 0.6) is 11.5 Å². The molecule has 0 saturated carbocycles. The molecule has 0 aliphatic carbocycles. The summed E-state index contributed by atoms with van der Waals surface area (Å²) in [5.41, 5.74) is 3.77. The number of hydrogen-bond donors (Lipinski definition) is 0. The number of amides is 2. The SMILES string of the molecule is COc1ccc(N2C(=O)N(c3ccc(OC)cc3)[C@@H](c3ccccc3)[C@@H]2c2ccccc2)cc1. The van der Waals surface area contributed by atoms with Crippen LogP contribution in [0.3, 0.4) is 0 Å². The van der Waals surface area contributed by atoms with Crippen molar-refractivity contribution < 1.29 is 14.3 Å². The smallest absolute Gasteiger partial charge is 0.330 e. The molecule has 5 nitrogen and oxygen atoms in total. The third kappa shape index (κ3) is 3.86. The monoisotopic (exact) mass is 450 g/mol. The molecule has 0 radical (unpaired) electrons. The van der Waals surface area contributed by atoms with E-state index in [1.54, 1.807) is 14.2 Å². The maximum Gasteiger partial charge on any atom is 0.330 e. The fourth-order valence-electron chi connectivity index (χ4n) is 4.63. The van der Waals surface area contributed by atoms with Gasteiger partial charge in [-0.05, 0) is 59.7 Å². The van der Waals surface area contributed by atoms with Crippen LogP contribution >= 0.6 is 0 Å². The first-order valence-electron chi connectivity index (χ1n) is 11.2. The lowest BCUT2D eigenvalue weighted by atomic mass is 9.92.